The summed E-state index contributed by atoms with van der Waals surface area (Å²) < 4.78 is 29.5. The van der Waals surface area contributed by atoms with Gasteiger partial charge in [0.25, 0.3) is 10.0 Å². The van der Waals surface area contributed by atoms with Crippen molar-refractivity contribution in [3.05, 3.63) is 11.2 Å². The molecule has 1 fully saturated rings. The molecule has 0 aliphatic carbocycles. The van der Waals surface area contributed by atoms with E-state index in [1.807, 2.05) is 0 Å². The van der Waals surface area contributed by atoms with Crippen LogP contribution in [0.3, 0.4) is 0 Å². The fourth-order valence-electron chi connectivity index (χ4n) is 1.38. The van der Waals surface area contributed by atoms with Crippen LogP contribution in [0, 0.1) is 0 Å². The Hall–Kier alpha value is -1.03. The van der Waals surface area contributed by atoms with E-state index in [0.29, 0.717) is 0 Å². The number of aliphatic hydroxyl groups excluding tert-OH is 1. The van der Waals surface area contributed by atoms with Crippen molar-refractivity contribution in [3.63, 3.8) is 0 Å². The summed E-state index contributed by atoms with van der Waals surface area (Å²) in [7, 11) is -2.59. The van der Waals surface area contributed by atoms with Crippen LogP contribution in [0.15, 0.2) is 9.72 Å². The molecule has 2 heterocycles. The third-order valence-electron chi connectivity index (χ3n) is 2.32. The number of esters is 1. The highest BCUT2D eigenvalue weighted by molar-refractivity contribution is 7.91. The lowest BCUT2D eigenvalue weighted by Gasteiger charge is -2.34. The Morgan fingerprint density at radius 3 is 2.82 bits per heavy atom. The van der Waals surface area contributed by atoms with Crippen LogP contribution in [0.4, 0.5) is 0 Å². The number of hydrogen-bond acceptors (Lipinski definition) is 7. The van der Waals surface area contributed by atoms with Crippen LogP contribution >= 0.6 is 11.3 Å². The van der Waals surface area contributed by atoms with Crippen LogP contribution in [0.1, 0.15) is 10.5 Å². The number of nitrogens with zero attached hydrogens (tertiary/aromatic N) is 2. The number of β-amino-alcohol motifs (C(OH)–C–C–N with tert-alkyl or cyclic N) is 1. The van der Waals surface area contributed by atoms with Gasteiger partial charge < -0.3 is 9.84 Å². The summed E-state index contributed by atoms with van der Waals surface area (Å²) in [6.07, 6.45) is -0.640. The van der Waals surface area contributed by atoms with E-state index < -0.39 is 22.1 Å². The van der Waals surface area contributed by atoms with Crippen molar-refractivity contribution < 1.29 is 23.1 Å². The highest BCUT2D eigenvalue weighted by atomic mass is 32.2. The lowest BCUT2D eigenvalue weighted by molar-refractivity contribution is 0.0544. The van der Waals surface area contributed by atoms with Crippen molar-refractivity contribution in [1.29, 1.82) is 0 Å². The van der Waals surface area contributed by atoms with Gasteiger partial charge in [0, 0.05) is 13.1 Å². The van der Waals surface area contributed by atoms with Gasteiger partial charge in [-0.25, -0.2) is 18.2 Å². The van der Waals surface area contributed by atoms with Crippen molar-refractivity contribution in [1.82, 2.24) is 9.29 Å². The number of thiazole rings is 1. The molecule has 2 rings (SSSR count). The Morgan fingerprint density at radius 1 is 1.65 bits per heavy atom. The van der Waals surface area contributed by atoms with E-state index in [1.54, 1.807) is 0 Å². The first-order chi connectivity index (χ1) is 7.96. The number of rotatable bonds is 3. The van der Waals surface area contributed by atoms with Gasteiger partial charge in [-0.3, -0.25) is 0 Å². The third-order valence-corrected chi connectivity index (χ3v) is 5.50. The molecule has 1 aromatic rings. The maximum absolute atomic E-state index is 12.0. The van der Waals surface area contributed by atoms with Crippen LogP contribution in [-0.4, -0.2) is 55.1 Å². The molecule has 9 heteroatoms. The van der Waals surface area contributed by atoms with E-state index in [-0.39, 0.29) is 23.0 Å². The average Bonchev–Trinajstić information content (AvgIpc) is 2.73. The molecule has 17 heavy (non-hydrogen) atoms. The third kappa shape index (κ3) is 2.06. The highest BCUT2D eigenvalue weighted by Crippen LogP contribution is 2.27. The second-order valence-electron chi connectivity index (χ2n) is 3.46. The lowest BCUT2D eigenvalue weighted by Crippen LogP contribution is -2.53. The van der Waals surface area contributed by atoms with Gasteiger partial charge in [0.2, 0.25) is 0 Å². The SMILES string of the molecule is COC(=O)c1ncsc1S(=O)(=O)N1CC(O)C1. The van der Waals surface area contributed by atoms with Crippen LogP contribution in [0.5, 0.6) is 0 Å². The van der Waals surface area contributed by atoms with E-state index in [1.165, 1.54) is 5.51 Å². The minimum atomic E-state index is -3.75. The van der Waals surface area contributed by atoms with Gasteiger partial charge in [-0.05, 0) is 0 Å². The number of methoxy groups -OCH3 is 1. The van der Waals surface area contributed by atoms with Gasteiger partial charge >= 0.3 is 5.97 Å². The zero-order chi connectivity index (χ0) is 12.6. The Kier molecular flexibility index (Phi) is 3.17. The second kappa shape index (κ2) is 4.33. The van der Waals surface area contributed by atoms with Crippen molar-refractivity contribution in [2.75, 3.05) is 20.2 Å². The van der Waals surface area contributed by atoms with E-state index in [4.69, 9.17) is 5.11 Å². The van der Waals surface area contributed by atoms with Gasteiger partial charge in [0.1, 0.15) is 0 Å². The van der Waals surface area contributed by atoms with Crippen molar-refractivity contribution in [2.24, 2.45) is 0 Å². The summed E-state index contributed by atoms with van der Waals surface area (Å²) in [4.78, 5) is 15.0. The molecule has 0 spiro atoms. The van der Waals surface area contributed by atoms with Crippen LogP contribution in [0.25, 0.3) is 0 Å². The zero-order valence-corrected chi connectivity index (χ0v) is 10.5. The number of sulfonamides is 1. The molecular formula is C8H10N2O5S2. The second-order valence-corrected chi connectivity index (χ2v) is 6.44. The lowest BCUT2D eigenvalue weighted by atomic mass is 10.2. The van der Waals surface area contributed by atoms with Crippen molar-refractivity contribution in [2.45, 2.75) is 10.3 Å². The summed E-state index contributed by atoms with van der Waals surface area (Å²) >= 11 is 0.856. The Labute approximate surface area is 102 Å². The summed E-state index contributed by atoms with van der Waals surface area (Å²) in [5.41, 5.74) is 1.06. The molecule has 0 atom stereocenters. The van der Waals surface area contributed by atoms with E-state index in [2.05, 4.69) is 9.72 Å². The van der Waals surface area contributed by atoms with E-state index in [9.17, 15) is 13.2 Å². The number of aromatic nitrogens is 1. The molecule has 1 saturated heterocycles. The fraction of sp³-hybridized carbons (Fsp3) is 0.500. The fourth-order valence-corrected chi connectivity index (χ4v) is 4.17. The molecule has 94 valence electrons. The number of hydrogen-bond donors (Lipinski definition) is 1. The van der Waals surface area contributed by atoms with Crippen LogP contribution < -0.4 is 0 Å². The Morgan fingerprint density at radius 2 is 2.29 bits per heavy atom. The number of aliphatic hydroxyl groups is 1. The Bertz CT molecular complexity index is 532. The van der Waals surface area contributed by atoms with Gasteiger partial charge in [-0.2, -0.15) is 4.31 Å². The molecule has 7 nitrogen and oxygen atoms in total. The normalized spacial score (nSPS) is 17.8. The summed E-state index contributed by atoms with van der Waals surface area (Å²) in [5, 5.41) is 9.09. The smallest absolute Gasteiger partial charge is 0.358 e. The van der Waals surface area contributed by atoms with Crippen LogP contribution in [-0.2, 0) is 14.8 Å². The molecule has 0 saturated carbocycles. The van der Waals surface area contributed by atoms with E-state index in [0.717, 1.165) is 22.8 Å². The first kappa shape index (κ1) is 12.4. The van der Waals surface area contributed by atoms with E-state index >= 15 is 0 Å². The van der Waals surface area contributed by atoms with Crippen molar-refractivity contribution >= 4 is 27.3 Å². The molecular weight excluding hydrogens is 268 g/mol. The first-order valence-electron chi connectivity index (χ1n) is 4.67. The number of carbonyl (C=O) groups excluding carboxylic acids is 1. The zero-order valence-electron chi connectivity index (χ0n) is 8.86. The van der Waals surface area contributed by atoms with Gasteiger partial charge in [0.05, 0.1) is 18.7 Å². The highest BCUT2D eigenvalue weighted by Gasteiger charge is 2.39. The molecule has 0 amide bonds. The van der Waals surface area contributed by atoms with Crippen molar-refractivity contribution in [3.8, 4) is 0 Å². The standard InChI is InChI=1S/C8H10N2O5S2/c1-15-7(12)6-8(16-4-9-6)17(13,14)10-2-5(11)3-10/h4-5,11H,2-3H2,1H3. The summed E-state index contributed by atoms with van der Waals surface area (Å²) in [6.45, 7) is 0.0850. The largest absolute Gasteiger partial charge is 0.464 e. The summed E-state index contributed by atoms with van der Waals surface area (Å²) in [6, 6.07) is 0. The molecule has 0 aromatic carbocycles. The number of carbonyl (C=O) groups is 1. The molecule has 0 radical (unpaired) electrons. The minimum Gasteiger partial charge on any atom is -0.464 e. The molecule has 0 bridgehead atoms. The summed E-state index contributed by atoms with van der Waals surface area (Å²) in [5.74, 6) is -0.786. The van der Waals surface area contributed by atoms with Gasteiger partial charge in [0.15, 0.2) is 9.90 Å². The molecule has 1 aliphatic rings. The maximum atomic E-state index is 12.0. The molecule has 1 N–H and O–H groups in total. The molecule has 1 aliphatic heterocycles. The monoisotopic (exact) mass is 278 g/mol. The first-order valence-corrected chi connectivity index (χ1v) is 6.99. The predicted molar refractivity (Wildman–Crippen MR) is 58.2 cm³/mol. The maximum Gasteiger partial charge on any atom is 0.358 e. The van der Waals surface area contributed by atoms with Crippen LogP contribution in [0.2, 0.25) is 0 Å². The quantitative estimate of drug-likeness (QED) is 0.734. The topological polar surface area (TPSA) is 96.8 Å². The molecule has 1 aromatic heterocycles. The Balaban J connectivity index is 2.34. The molecule has 0 unspecified atom stereocenters. The number of ether oxygens (including phenoxy) is 1. The van der Waals surface area contributed by atoms with Gasteiger partial charge in [-0.1, -0.05) is 0 Å². The predicted octanol–water partition coefficient (Wildman–Crippen LogP) is -0.705. The van der Waals surface area contributed by atoms with Gasteiger partial charge in [-0.15, -0.1) is 11.3 Å². The average molecular weight is 278 g/mol. The minimum absolute atomic E-state index is 0.0425.